The van der Waals surface area contributed by atoms with Gasteiger partial charge in [0.25, 0.3) is 0 Å². The summed E-state index contributed by atoms with van der Waals surface area (Å²) in [5, 5.41) is 8.04. The predicted molar refractivity (Wildman–Crippen MR) is 73.5 cm³/mol. The second-order valence-electron chi connectivity index (χ2n) is 4.76. The molecule has 1 aliphatic heterocycles. The summed E-state index contributed by atoms with van der Waals surface area (Å²) in [4.78, 5) is 2.48. The molecule has 1 saturated heterocycles. The zero-order valence-corrected chi connectivity index (χ0v) is 11.0. The second-order valence-corrected chi connectivity index (χ2v) is 5.20. The highest BCUT2D eigenvalue weighted by Crippen LogP contribution is 2.24. The molecule has 0 bridgehead atoms. The van der Waals surface area contributed by atoms with Crippen molar-refractivity contribution >= 4 is 11.6 Å². The number of rotatable bonds is 3. The van der Waals surface area contributed by atoms with Gasteiger partial charge in [-0.25, -0.2) is 0 Å². The molecule has 0 amide bonds. The molecular formula is C14H16ClN3. The van der Waals surface area contributed by atoms with E-state index in [1.807, 2.05) is 30.5 Å². The van der Waals surface area contributed by atoms with Gasteiger partial charge >= 0.3 is 0 Å². The summed E-state index contributed by atoms with van der Waals surface area (Å²) in [6, 6.07) is 7.89. The van der Waals surface area contributed by atoms with Crippen molar-refractivity contribution in [3.05, 3.63) is 41.0 Å². The number of hydrogen-bond donors (Lipinski definition) is 1. The third-order valence-corrected chi connectivity index (χ3v) is 3.70. The number of likely N-dealkylation sites (tertiary alicyclic amines) is 1. The highest BCUT2D eigenvalue weighted by atomic mass is 35.5. The van der Waals surface area contributed by atoms with E-state index in [1.54, 1.807) is 0 Å². The van der Waals surface area contributed by atoms with Crippen LogP contribution in [0.4, 0.5) is 0 Å². The number of nitrogens with one attached hydrogen (secondary N) is 1. The molecule has 1 aromatic carbocycles. The molecule has 94 valence electrons. The minimum atomic E-state index is 0.763. The topological polar surface area (TPSA) is 31.9 Å². The number of aromatic nitrogens is 2. The van der Waals surface area contributed by atoms with Crippen LogP contribution in [-0.4, -0.2) is 28.2 Å². The summed E-state index contributed by atoms with van der Waals surface area (Å²) in [5.41, 5.74) is 3.52. The molecule has 2 heterocycles. The maximum Gasteiger partial charge on any atom is 0.0695 e. The summed E-state index contributed by atoms with van der Waals surface area (Å²) in [6.45, 7) is 3.38. The zero-order chi connectivity index (χ0) is 12.4. The maximum atomic E-state index is 5.92. The molecule has 0 atom stereocenters. The normalized spacial score (nSPS) is 16.3. The molecule has 18 heavy (non-hydrogen) atoms. The van der Waals surface area contributed by atoms with Crippen molar-refractivity contribution in [2.45, 2.75) is 19.4 Å². The molecule has 1 aromatic heterocycles. The van der Waals surface area contributed by atoms with Crippen molar-refractivity contribution in [1.29, 1.82) is 0 Å². The Labute approximate surface area is 112 Å². The first kappa shape index (κ1) is 11.8. The molecule has 1 fully saturated rings. The van der Waals surface area contributed by atoms with Gasteiger partial charge in [0.2, 0.25) is 0 Å². The lowest BCUT2D eigenvalue weighted by molar-refractivity contribution is 0.332. The van der Waals surface area contributed by atoms with Crippen molar-refractivity contribution in [1.82, 2.24) is 15.1 Å². The van der Waals surface area contributed by atoms with E-state index in [4.69, 9.17) is 11.6 Å². The first-order chi connectivity index (χ1) is 8.83. The molecule has 3 rings (SSSR count). The van der Waals surface area contributed by atoms with Crippen LogP contribution in [0, 0.1) is 0 Å². The summed E-state index contributed by atoms with van der Waals surface area (Å²) in [6.07, 6.45) is 4.56. The fourth-order valence-corrected chi connectivity index (χ4v) is 2.61. The third kappa shape index (κ3) is 2.42. The van der Waals surface area contributed by atoms with Crippen LogP contribution in [0.15, 0.2) is 30.5 Å². The Kier molecular flexibility index (Phi) is 3.35. The fourth-order valence-electron chi connectivity index (χ4n) is 2.48. The summed E-state index contributed by atoms with van der Waals surface area (Å²) < 4.78 is 0. The Balaban J connectivity index is 1.84. The van der Waals surface area contributed by atoms with E-state index in [-0.39, 0.29) is 0 Å². The summed E-state index contributed by atoms with van der Waals surface area (Å²) in [7, 11) is 0. The molecule has 0 aliphatic carbocycles. The van der Waals surface area contributed by atoms with Crippen LogP contribution < -0.4 is 0 Å². The van der Waals surface area contributed by atoms with E-state index >= 15 is 0 Å². The number of benzene rings is 1. The van der Waals surface area contributed by atoms with Crippen LogP contribution in [0.25, 0.3) is 11.3 Å². The highest BCUT2D eigenvalue weighted by Gasteiger charge is 2.15. The highest BCUT2D eigenvalue weighted by molar-refractivity contribution is 6.30. The zero-order valence-electron chi connectivity index (χ0n) is 10.2. The number of hydrogen-bond acceptors (Lipinski definition) is 2. The Hall–Kier alpha value is -1.32. The van der Waals surface area contributed by atoms with Crippen molar-refractivity contribution < 1.29 is 0 Å². The first-order valence-electron chi connectivity index (χ1n) is 6.33. The standard InChI is InChI=1S/C14H16ClN3/c15-13-5-3-11(4-6-13)14-12(9-16-17-14)10-18-7-1-2-8-18/h3-6,9H,1-2,7-8,10H2,(H,16,17). The summed E-state index contributed by atoms with van der Waals surface area (Å²) in [5.74, 6) is 0. The van der Waals surface area contributed by atoms with E-state index in [9.17, 15) is 0 Å². The van der Waals surface area contributed by atoms with Crippen LogP contribution in [0.1, 0.15) is 18.4 Å². The fraction of sp³-hybridized carbons (Fsp3) is 0.357. The van der Waals surface area contributed by atoms with Gasteiger partial charge in [0.1, 0.15) is 0 Å². The number of aromatic amines is 1. The Morgan fingerprint density at radius 1 is 1.17 bits per heavy atom. The van der Waals surface area contributed by atoms with E-state index in [2.05, 4.69) is 15.1 Å². The van der Waals surface area contributed by atoms with E-state index in [1.165, 1.54) is 31.5 Å². The lowest BCUT2D eigenvalue weighted by atomic mass is 10.1. The minimum absolute atomic E-state index is 0.763. The lowest BCUT2D eigenvalue weighted by Gasteiger charge is -2.14. The molecule has 0 radical (unpaired) electrons. The van der Waals surface area contributed by atoms with Crippen molar-refractivity contribution in [2.75, 3.05) is 13.1 Å². The van der Waals surface area contributed by atoms with Gasteiger partial charge in [-0.05, 0) is 43.6 Å². The van der Waals surface area contributed by atoms with E-state index < -0.39 is 0 Å². The molecule has 3 nitrogen and oxygen atoms in total. The van der Waals surface area contributed by atoms with Crippen LogP contribution >= 0.6 is 11.6 Å². The number of halogens is 1. The Morgan fingerprint density at radius 3 is 2.61 bits per heavy atom. The molecular weight excluding hydrogens is 246 g/mol. The van der Waals surface area contributed by atoms with Gasteiger partial charge in [0, 0.05) is 17.1 Å². The maximum absolute atomic E-state index is 5.92. The third-order valence-electron chi connectivity index (χ3n) is 3.44. The average Bonchev–Trinajstić information content (AvgIpc) is 3.02. The monoisotopic (exact) mass is 261 g/mol. The van der Waals surface area contributed by atoms with Gasteiger partial charge in [-0.15, -0.1) is 0 Å². The van der Waals surface area contributed by atoms with E-state index in [0.29, 0.717) is 0 Å². The molecule has 0 saturated carbocycles. The molecule has 2 aromatic rings. The largest absolute Gasteiger partial charge is 0.299 e. The smallest absolute Gasteiger partial charge is 0.0695 e. The van der Waals surface area contributed by atoms with Crippen LogP contribution in [0.5, 0.6) is 0 Å². The number of H-pyrrole nitrogens is 1. The minimum Gasteiger partial charge on any atom is -0.299 e. The van der Waals surface area contributed by atoms with Crippen molar-refractivity contribution in [2.24, 2.45) is 0 Å². The van der Waals surface area contributed by atoms with Gasteiger partial charge in [-0.1, -0.05) is 23.7 Å². The van der Waals surface area contributed by atoms with Gasteiger partial charge < -0.3 is 0 Å². The van der Waals surface area contributed by atoms with Gasteiger partial charge in [0.05, 0.1) is 11.9 Å². The molecule has 4 heteroatoms. The van der Waals surface area contributed by atoms with Gasteiger partial charge in [-0.2, -0.15) is 5.10 Å². The lowest BCUT2D eigenvalue weighted by Crippen LogP contribution is -2.18. The van der Waals surface area contributed by atoms with Crippen LogP contribution in [-0.2, 0) is 6.54 Å². The second kappa shape index (κ2) is 5.12. The molecule has 1 N–H and O–H groups in total. The molecule has 0 spiro atoms. The average molecular weight is 262 g/mol. The van der Waals surface area contributed by atoms with Crippen LogP contribution in [0.2, 0.25) is 5.02 Å². The van der Waals surface area contributed by atoms with E-state index in [0.717, 1.165) is 22.8 Å². The first-order valence-corrected chi connectivity index (χ1v) is 6.71. The van der Waals surface area contributed by atoms with Crippen LogP contribution in [0.3, 0.4) is 0 Å². The SMILES string of the molecule is Clc1ccc(-c2[nH]ncc2CN2CCCC2)cc1. The van der Waals surface area contributed by atoms with Crippen molar-refractivity contribution in [3.8, 4) is 11.3 Å². The molecule has 1 aliphatic rings. The van der Waals surface area contributed by atoms with Gasteiger partial charge in [0.15, 0.2) is 0 Å². The predicted octanol–water partition coefficient (Wildman–Crippen LogP) is 3.33. The Morgan fingerprint density at radius 2 is 1.89 bits per heavy atom. The van der Waals surface area contributed by atoms with Gasteiger partial charge in [-0.3, -0.25) is 10.00 Å². The molecule has 0 unspecified atom stereocenters. The number of nitrogens with zero attached hydrogens (tertiary/aromatic N) is 2. The quantitative estimate of drug-likeness (QED) is 0.919. The van der Waals surface area contributed by atoms with Crippen molar-refractivity contribution in [3.63, 3.8) is 0 Å². The summed E-state index contributed by atoms with van der Waals surface area (Å²) >= 11 is 5.92. The Bertz CT molecular complexity index is 512.